The van der Waals surface area contributed by atoms with Crippen molar-refractivity contribution < 1.29 is 64.2 Å². The van der Waals surface area contributed by atoms with Gasteiger partial charge in [-0.2, -0.15) is 0 Å². The van der Waals surface area contributed by atoms with Crippen molar-refractivity contribution in [1.29, 1.82) is 0 Å². The zero-order valence-electron chi connectivity index (χ0n) is 15.6. The maximum atomic E-state index is 10.5. The van der Waals surface area contributed by atoms with Gasteiger partial charge in [0.2, 0.25) is 0 Å². The van der Waals surface area contributed by atoms with E-state index in [2.05, 4.69) is 0 Å². The number of rotatable bonds is 9. The minimum atomic E-state index is -1.61. The van der Waals surface area contributed by atoms with E-state index in [1.807, 2.05) is 0 Å². The summed E-state index contributed by atoms with van der Waals surface area (Å²) in [5.74, 6) is -1.54. The molecule has 0 bridgehead atoms. The molecule has 6 N–H and O–H groups in total. The van der Waals surface area contributed by atoms with E-state index in [1.165, 1.54) is 6.92 Å². The fourth-order valence-electron chi connectivity index (χ4n) is 3.04. The number of hydrogen-bond acceptors (Lipinski definition) is 13. The van der Waals surface area contributed by atoms with E-state index < -0.39 is 80.6 Å². The summed E-state index contributed by atoms with van der Waals surface area (Å²) in [6.07, 6.45) is -13.3. The van der Waals surface area contributed by atoms with Gasteiger partial charge in [0, 0.05) is 0 Å². The van der Waals surface area contributed by atoms with Gasteiger partial charge < -0.3 is 64.2 Å². The lowest BCUT2D eigenvalue weighted by Crippen LogP contribution is -2.60. The molecule has 0 aromatic carbocycles. The third kappa shape index (κ3) is 6.02. The Morgan fingerprint density at radius 2 is 1.41 bits per heavy atom. The minimum absolute atomic E-state index is 0.172. The quantitative estimate of drug-likeness (QED) is 0.190. The van der Waals surface area contributed by atoms with Gasteiger partial charge in [0.15, 0.2) is 12.6 Å². The van der Waals surface area contributed by atoms with Crippen LogP contribution in [0.15, 0.2) is 0 Å². The van der Waals surface area contributed by atoms with E-state index in [-0.39, 0.29) is 13.2 Å². The van der Waals surface area contributed by atoms with E-state index in [9.17, 15) is 40.5 Å². The van der Waals surface area contributed by atoms with Crippen molar-refractivity contribution in [2.24, 2.45) is 0 Å². The van der Waals surface area contributed by atoms with Crippen molar-refractivity contribution in [3.63, 3.8) is 0 Å². The zero-order valence-corrected chi connectivity index (χ0v) is 15.6. The van der Waals surface area contributed by atoms with Gasteiger partial charge in [-0.05, 0) is 6.92 Å². The normalized spacial score (nSPS) is 43.3. The second-order valence-electron chi connectivity index (χ2n) is 6.78. The maximum absolute atomic E-state index is 10.5. The average molecular weight is 427 g/mol. The molecule has 2 aliphatic rings. The third-order valence-electron chi connectivity index (χ3n) is 4.67. The van der Waals surface area contributed by atoms with Crippen LogP contribution in [0.5, 0.6) is 0 Å². The molecule has 2 saturated heterocycles. The molecule has 2 heterocycles. The number of aliphatic hydroxyl groups is 6. The molecule has 0 spiro atoms. The molecule has 10 atom stereocenters. The molecule has 170 valence electrons. The standard InChI is InChI=1S/C16H28O13/c1-6-9(20)10(21)12(23)15(28-6)25-2-3-26-16-13(24)11(22)14(7(4-17)29-16)27-5-8(18)19/h6-7,9-17,20-24H,2-5H2,1H3,(H,18,19)/p-1/t6-,7+,9+,10+,11+,12-,13+,14-,15+,16+/m0/s1. The third-order valence-corrected chi connectivity index (χ3v) is 4.67. The molecule has 0 amide bonds. The summed E-state index contributed by atoms with van der Waals surface area (Å²) in [6, 6.07) is 0. The average Bonchev–Trinajstić information content (AvgIpc) is 2.69. The first kappa shape index (κ1) is 24.3. The fraction of sp³-hybridized carbons (Fsp3) is 0.938. The summed E-state index contributed by atoms with van der Waals surface area (Å²) in [5, 5.41) is 69.2. The van der Waals surface area contributed by atoms with Gasteiger partial charge in [0.1, 0.15) is 42.7 Å². The van der Waals surface area contributed by atoms with Crippen LogP contribution in [0.4, 0.5) is 0 Å². The summed E-state index contributed by atoms with van der Waals surface area (Å²) < 4.78 is 26.0. The van der Waals surface area contributed by atoms with Crippen LogP contribution in [0.1, 0.15) is 6.92 Å². The SMILES string of the molecule is C[C@@H]1O[C@@H](OCCO[C@@H]2O[C@H](CO)[C@H](OCC(=O)[O-])[C@H](O)[C@H]2O)[C@@H](O)[C@H](O)[C@@H]1O. The van der Waals surface area contributed by atoms with Crippen LogP contribution in [-0.2, 0) is 28.5 Å². The number of carboxylic acids is 1. The Morgan fingerprint density at radius 3 is 1.97 bits per heavy atom. The highest BCUT2D eigenvalue weighted by molar-refractivity contribution is 5.65. The lowest BCUT2D eigenvalue weighted by molar-refractivity contribution is -0.328. The number of carbonyl (C=O) groups is 1. The van der Waals surface area contributed by atoms with E-state index in [0.29, 0.717) is 0 Å². The van der Waals surface area contributed by atoms with Crippen LogP contribution < -0.4 is 5.11 Å². The predicted octanol–water partition coefficient (Wildman–Crippen LogP) is -5.58. The van der Waals surface area contributed by atoms with Crippen LogP contribution in [-0.4, -0.2) is 124 Å². The Kier molecular flexibility index (Phi) is 9.12. The molecule has 29 heavy (non-hydrogen) atoms. The van der Waals surface area contributed by atoms with E-state index in [1.54, 1.807) is 0 Å². The maximum Gasteiger partial charge on any atom is 0.186 e. The molecule has 0 aromatic rings. The Bertz CT molecular complexity index is 517. The largest absolute Gasteiger partial charge is 0.548 e. The topological polar surface area (TPSA) is 208 Å². The Balaban J connectivity index is 1.81. The van der Waals surface area contributed by atoms with Gasteiger partial charge in [-0.25, -0.2) is 0 Å². The van der Waals surface area contributed by atoms with Gasteiger partial charge in [0.05, 0.1) is 38.5 Å². The monoisotopic (exact) mass is 427 g/mol. The first-order valence-electron chi connectivity index (χ1n) is 9.04. The van der Waals surface area contributed by atoms with Gasteiger partial charge in [-0.3, -0.25) is 0 Å². The van der Waals surface area contributed by atoms with Crippen molar-refractivity contribution >= 4 is 5.97 Å². The van der Waals surface area contributed by atoms with Gasteiger partial charge in [-0.15, -0.1) is 0 Å². The lowest BCUT2D eigenvalue weighted by atomic mass is 9.99. The highest BCUT2D eigenvalue weighted by Crippen LogP contribution is 2.25. The summed E-state index contributed by atoms with van der Waals surface area (Å²) in [4.78, 5) is 10.5. The smallest absolute Gasteiger partial charge is 0.186 e. The molecule has 13 nitrogen and oxygen atoms in total. The number of ether oxygens (including phenoxy) is 5. The number of aliphatic hydroxyl groups excluding tert-OH is 6. The first-order chi connectivity index (χ1) is 13.7. The van der Waals surface area contributed by atoms with Gasteiger partial charge in [-0.1, -0.05) is 0 Å². The Hall–Kier alpha value is -0.970. The van der Waals surface area contributed by atoms with Crippen molar-refractivity contribution in [2.45, 2.75) is 68.3 Å². The Morgan fingerprint density at radius 1 is 0.862 bits per heavy atom. The molecule has 0 aromatic heterocycles. The molecule has 13 heteroatoms. The first-order valence-corrected chi connectivity index (χ1v) is 9.04. The molecule has 0 aliphatic carbocycles. The van der Waals surface area contributed by atoms with Crippen LogP contribution in [0.25, 0.3) is 0 Å². The van der Waals surface area contributed by atoms with Crippen LogP contribution >= 0.6 is 0 Å². The minimum Gasteiger partial charge on any atom is -0.548 e. The number of carboxylic acid groups (broad SMARTS) is 1. The molecule has 0 unspecified atom stereocenters. The van der Waals surface area contributed by atoms with Crippen LogP contribution in [0.2, 0.25) is 0 Å². The number of aliphatic carboxylic acids is 1. The molecule has 2 rings (SSSR count). The van der Waals surface area contributed by atoms with Crippen molar-refractivity contribution in [3.05, 3.63) is 0 Å². The number of hydrogen-bond donors (Lipinski definition) is 6. The summed E-state index contributed by atoms with van der Waals surface area (Å²) in [5.41, 5.74) is 0. The molecule has 0 radical (unpaired) electrons. The van der Waals surface area contributed by atoms with E-state index in [4.69, 9.17) is 23.7 Å². The highest BCUT2D eigenvalue weighted by Gasteiger charge is 2.46. The molecule has 0 saturated carbocycles. The molecular formula is C16H27O13-. The fourth-order valence-corrected chi connectivity index (χ4v) is 3.04. The lowest BCUT2D eigenvalue weighted by Gasteiger charge is -2.42. The Labute approximate surface area is 165 Å². The summed E-state index contributed by atoms with van der Waals surface area (Å²) >= 11 is 0. The summed E-state index contributed by atoms with van der Waals surface area (Å²) in [6.45, 7) is -0.381. The second-order valence-corrected chi connectivity index (χ2v) is 6.78. The highest BCUT2D eigenvalue weighted by atomic mass is 16.7. The predicted molar refractivity (Wildman–Crippen MR) is 86.8 cm³/mol. The van der Waals surface area contributed by atoms with Gasteiger partial charge in [0.25, 0.3) is 0 Å². The summed E-state index contributed by atoms with van der Waals surface area (Å²) in [7, 11) is 0. The van der Waals surface area contributed by atoms with Crippen molar-refractivity contribution in [1.82, 2.24) is 0 Å². The molecule has 2 fully saturated rings. The molecule has 2 aliphatic heterocycles. The zero-order chi connectivity index (χ0) is 21.7. The van der Waals surface area contributed by atoms with Crippen molar-refractivity contribution in [3.8, 4) is 0 Å². The second kappa shape index (κ2) is 10.9. The molecular weight excluding hydrogens is 400 g/mol. The number of carbonyl (C=O) groups excluding carboxylic acids is 1. The van der Waals surface area contributed by atoms with Crippen molar-refractivity contribution in [2.75, 3.05) is 26.4 Å². The van der Waals surface area contributed by atoms with Crippen LogP contribution in [0, 0.1) is 0 Å². The van der Waals surface area contributed by atoms with Gasteiger partial charge >= 0.3 is 0 Å². The van der Waals surface area contributed by atoms with Crippen LogP contribution in [0.3, 0.4) is 0 Å². The van der Waals surface area contributed by atoms with E-state index >= 15 is 0 Å². The van der Waals surface area contributed by atoms with E-state index in [0.717, 1.165) is 0 Å².